The lowest BCUT2D eigenvalue weighted by Crippen LogP contribution is -1.88. The maximum atomic E-state index is 6.09. The number of aryl methyl sites for hydroxylation is 1. The van der Waals surface area contributed by atoms with Crippen LogP contribution in [0.1, 0.15) is 5.56 Å². The molecule has 0 fully saturated rings. The Balaban J connectivity index is 2.24. The third-order valence-corrected chi connectivity index (χ3v) is 4.15. The minimum atomic E-state index is 0.511. The third-order valence-electron chi connectivity index (χ3n) is 3.03. The summed E-state index contributed by atoms with van der Waals surface area (Å²) in [6.07, 6.45) is 0. The molecule has 3 N–H and O–H groups in total. The maximum Gasteiger partial charge on any atom is 0.154 e. The standard InChI is InChI=1S/C14H12ClN3S/c1-8-4-5-9(15)7-10(8)13-12(14(16)18-17-13)11-3-2-6-19-11/h2-7H,1H3,(H3,16,17,18). The second kappa shape index (κ2) is 4.72. The molecule has 2 aromatic heterocycles. The Morgan fingerprint density at radius 3 is 2.89 bits per heavy atom. The van der Waals surface area contributed by atoms with Gasteiger partial charge < -0.3 is 5.73 Å². The van der Waals surface area contributed by atoms with Gasteiger partial charge in [0.2, 0.25) is 0 Å². The number of H-pyrrole nitrogens is 1. The van der Waals surface area contributed by atoms with Gasteiger partial charge in [-0.15, -0.1) is 11.3 Å². The summed E-state index contributed by atoms with van der Waals surface area (Å²) in [5.41, 5.74) is 10.0. The van der Waals surface area contributed by atoms with E-state index >= 15 is 0 Å². The molecule has 19 heavy (non-hydrogen) atoms. The molecule has 3 nitrogen and oxygen atoms in total. The van der Waals surface area contributed by atoms with E-state index in [-0.39, 0.29) is 0 Å². The number of nitrogens with two attached hydrogens (primary N) is 1. The molecule has 96 valence electrons. The topological polar surface area (TPSA) is 54.7 Å². The first-order chi connectivity index (χ1) is 9.16. The van der Waals surface area contributed by atoms with Gasteiger partial charge in [-0.05, 0) is 36.1 Å². The number of nitrogens with zero attached hydrogens (tertiary/aromatic N) is 1. The van der Waals surface area contributed by atoms with Gasteiger partial charge in [0, 0.05) is 15.5 Å². The number of benzene rings is 1. The zero-order chi connectivity index (χ0) is 13.4. The molecule has 0 amide bonds. The summed E-state index contributed by atoms with van der Waals surface area (Å²) >= 11 is 7.73. The SMILES string of the molecule is Cc1ccc(Cl)cc1-c1[nH]nc(N)c1-c1cccs1. The van der Waals surface area contributed by atoms with Gasteiger partial charge in [-0.3, -0.25) is 5.10 Å². The second-order valence-corrected chi connectivity index (χ2v) is 5.68. The fourth-order valence-corrected chi connectivity index (χ4v) is 3.04. The summed E-state index contributed by atoms with van der Waals surface area (Å²) in [6, 6.07) is 9.84. The molecule has 5 heteroatoms. The van der Waals surface area contributed by atoms with Gasteiger partial charge in [-0.1, -0.05) is 23.7 Å². The summed E-state index contributed by atoms with van der Waals surface area (Å²) in [4.78, 5) is 1.10. The van der Waals surface area contributed by atoms with E-state index in [4.69, 9.17) is 17.3 Å². The first kappa shape index (κ1) is 12.3. The molecule has 3 rings (SSSR count). The van der Waals surface area contributed by atoms with Crippen molar-refractivity contribution in [1.82, 2.24) is 10.2 Å². The van der Waals surface area contributed by atoms with E-state index in [0.29, 0.717) is 10.8 Å². The minimum absolute atomic E-state index is 0.511. The highest BCUT2D eigenvalue weighted by atomic mass is 35.5. The van der Waals surface area contributed by atoms with Crippen molar-refractivity contribution >= 4 is 28.8 Å². The van der Waals surface area contributed by atoms with E-state index < -0.39 is 0 Å². The van der Waals surface area contributed by atoms with Crippen molar-refractivity contribution < 1.29 is 0 Å². The van der Waals surface area contributed by atoms with Crippen LogP contribution in [0.25, 0.3) is 21.7 Å². The van der Waals surface area contributed by atoms with Crippen LogP contribution >= 0.6 is 22.9 Å². The van der Waals surface area contributed by atoms with E-state index in [2.05, 4.69) is 10.2 Å². The number of nitrogen functional groups attached to an aromatic ring is 1. The summed E-state index contributed by atoms with van der Waals surface area (Å²) in [5.74, 6) is 0.511. The summed E-state index contributed by atoms with van der Waals surface area (Å²) in [6.45, 7) is 2.04. The maximum absolute atomic E-state index is 6.09. The number of rotatable bonds is 2. The quantitative estimate of drug-likeness (QED) is 0.737. The van der Waals surface area contributed by atoms with Gasteiger partial charge in [0.1, 0.15) is 0 Å². The Morgan fingerprint density at radius 1 is 1.32 bits per heavy atom. The van der Waals surface area contributed by atoms with Gasteiger partial charge in [-0.25, -0.2) is 0 Å². The number of aromatic amines is 1. The van der Waals surface area contributed by atoms with E-state index in [9.17, 15) is 0 Å². The molecule has 2 heterocycles. The first-order valence-electron chi connectivity index (χ1n) is 5.81. The average molecular weight is 290 g/mol. The fraction of sp³-hybridized carbons (Fsp3) is 0.0714. The molecule has 1 aromatic carbocycles. The molecule has 0 atom stereocenters. The van der Waals surface area contributed by atoms with Crippen molar-refractivity contribution in [3.63, 3.8) is 0 Å². The smallest absolute Gasteiger partial charge is 0.154 e. The first-order valence-corrected chi connectivity index (χ1v) is 7.07. The van der Waals surface area contributed by atoms with Crippen LogP contribution in [0.4, 0.5) is 5.82 Å². The lowest BCUT2D eigenvalue weighted by Gasteiger charge is -2.06. The Labute approximate surface area is 120 Å². The molecule has 0 aliphatic carbocycles. The molecule has 0 aliphatic rings. The van der Waals surface area contributed by atoms with Crippen molar-refractivity contribution in [2.75, 3.05) is 5.73 Å². The predicted octanol–water partition coefficient (Wildman–Crippen LogP) is 4.35. The fourth-order valence-electron chi connectivity index (χ4n) is 2.08. The molecule has 0 saturated heterocycles. The van der Waals surface area contributed by atoms with Gasteiger partial charge in [0.05, 0.1) is 11.3 Å². The number of halogens is 1. The average Bonchev–Trinajstić information content (AvgIpc) is 3.01. The highest BCUT2D eigenvalue weighted by Crippen LogP contribution is 2.38. The number of hydrogen-bond donors (Lipinski definition) is 2. The monoisotopic (exact) mass is 289 g/mol. The molecule has 3 aromatic rings. The van der Waals surface area contributed by atoms with E-state index in [0.717, 1.165) is 27.3 Å². The van der Waals surface area contributed by atoms with Crippen LogP contribution in [0, 0.1) is 6.92 Å². The van der Waals surface area contributed by atoms with Gasteiger partial charge in [-0.2, -0.15) is 5.10 Å². The number of hydrogen-bond acceptors (Lipinski definition) is 3. The lowest BCUT2D eigenvalue weighted by atomic mass is 10.0. The Bertz CT molecular complexity index is 716. The van der Waals surface area contributed by atoms with E-state index in [1.807, 2.05) is 42.6 Å². The number of anilines is 1. The Hall–Kier alpha value is -1.78. The number of thiophene rings is 1. The summed E-state index contributed by atoms with van der Waals surface area (Å²) < 4.78 is 0. The normalized spacial score (nSPS) is 10.8. The van der Waals surface area contributed by atoms with E-state index in [1.54, 1.807) is 11.3 Å². The van der Waals surface area contributed by atoms with Crippen molar-refractivity contribution in [1.29, 1.82) is 0 Å². The number of aromatic nitrogens is 2. The van der Waals surface area contributed by atoms with Crippen molar-refractivity contribution in [3.05, 3.63) is 46.3 Å². The molecule has 0 spiro atoms. The molecule has 0 aliphatic heterocycles. The molecule has 0 radical (unpaired) electrons. The molecule has 0 unspecified atom stereocenters. The van der Waals surface area contributed by atoms with Crippen LogP contribution in [0.5, 0.6) is 0 Å². The number of nitrogens with one attached hydrogen (secondary N) is 1. The van der Waals surface area contributed by atoms with Crippen LogP contribution in [0.2, 0.25) is 5.02 Å². The lowest BCUT2D eigenvalue weighted by molar-refractivity contribution is 1.10. The second-order valence-electron chi connectivity index (χ2n) is 4.30. The molecule has 0 bridgehead atoms. The highest BCUT2D eigenvalue weighted by Gasteiger charge is 2.17. The van der Waals surface area contributed by atoms with Crippen molar-refractivity contribution in [2.24, 2.45) is 0 Å². The van der Waals surface area contributed by atoms with Crippen LogP contribution in [0.15, 0.2) is 35.7 Å². The van der Waals surface area contributed by atoms with Crippen LogP contribution in [-0.4, -0.2) is 10.2 Å². The molecule has 0 saturated carbocycles. The molecular formula is C14H12ClN3S. The van der Waals surface area contributed by atoms with Crippen LogP contribution in [0.3, 0.4) is 0 Å². The highest BCUT2D eigenvalue weighted by molar-refractivity contribution is 7.13. The predicted molar refractivity (Wildman–Crippen MR) is 81.5 cm³/mol. The van der Waals surface area contributed by atoms with Crippen molar-refractivity contribution in [2.45, 2.75) is 6.92 Å². The van der Waals surface area contributed by atoms with Gasteiger partial charge in [0.25, 0.3) is 0 Å². The van der Waals surface area contributed by atoms with Gasteiger partial charge in [0.15, 0.2) is 5.82 Å². The summed E-state index contributed by atoms with van der Waals surface area (Å²) in [7, 11) is 0. The van der Waals surface area contributed by atoms with Crippen LogP contribution in [-0.2, 0) is 0 Å². The molecular weight excluding hydrogens is 278 g/mol. The van der Waals surface area contributed by atoms with Crippen LogP contribution < -0.4 is 5.73 Å². The summed E-state index contributed by atoms with van der Waals surface area (Å²) in [5, 5.41) is 9.88. The largest absolute Gasteiger partial charge is 0.382 e. The van der Waals surface area contributed by atoms with Gasteiger partial charge >= 0.3 is 0 Å². The third kappa shape index (κ3) is 2.13. The minimum Gasteiger partial charge on any atom is -0.382 e. The van der Waals surface area contributed by atoms with Crippen molar-refractivity contribution in [3.8, 4) is 21.7 Å². The Morgan fingerprint density at radius 2 is 2.16 bits per heavy atom. The zero-order valence-corrected chi connectivity index (χ0v) is 11.8. The zero-order valence-electron chi connectivity index (χ0n) is 10.3. The Kier molecular flexibility index (Phi) is 3.05. The van der Waals surface area contributed by atoms with E-state index in [1.165, 1.54) is 0 Å².